The van der Waals surface area contributed by atoms with Crippen molar-refractivity contribution in [3.63, 3.8) is 0 Å². The van der Waals surface area contributed by atoms with E-state index in [0.717, 1.165) is 22.0 Å². The van der Waals surface area contributed by atoms with Gasteiger partial charge in [-0.3, -0.25) is 9.69 Å². The summed E-state index contributed by atoms with van der Waals surface area (Å²) in [6.07, 6.45) is 0. The first kappa shape index (κ1) is 23.4. The molecule has 182 valence electrons. The second kappa shape index (κ2) is 10.5. The first-order valence-electron chi connectivity index (χ1n) is 11.5. The Morgan fingerprint density at radius 3 is 2.53 bits per heavy atom. The second-order valence-corrected chi connectivity index (χ2v) is 8.59. The Balaban J connectivity index is 1.42. The number of methoxy groups -OCH3 is 1. The van der Waals surface area contributed by atoms with Gasteiger partial charge in [-0.25, -0.2) is 9.07 Å². The third kappa shape index (κ3) is 5.47. The molecule has 0 fully saturated rings. The number of pyridine rings is 1. The highest BCUT2D eigenvalue weighted by atomic mass is 19.1. The van der Waals surface area contributed by atoms with Gasteiger partial charge in [0.25, 0.3) is 5.56 Å². The maximum absolute atomic E-state index is 13.3. The molecule has 3 aromatic carbocycles. The smallest absolute Gasteiger partial charge is 0.252 e. The average molecular weight is 485 g/mol. The number of ether oxygens (including phenoxy) is 1. The topological polar surface area (TPSA) is 88.9 Å². The van der Waals surface area contributed by atoms with Crippen molar-refractivity contribution >= 4 is 10.9 Å². The van der Waals surface area contributed by atoms with E-state index in [1.807, 2.05) is 54.6 Å². The van der Waals surface area contributed by atoms with Gasteiger partial charge in [-0.15, -0.1) is 5.10 Å². The second-order valence-electron chi connectivity index (χ2n) is 8.59. The zero-order chi connectivity index (χ0) is 24.9. The largest absolute Gasteiger partial charge is 0.497 e. The first-order chi connectivity index (χ1) is 17.6. The molecule has 1 N–H and O–H groups in total. The van der Waals surface area contributed by atoms with Crippen molar-refractivity contribution in [2.24, 2.45) is 0 Å². The molecule has 5 aromatic rings. The highest BCUT2D eigenvalue weighted by Crippen LogP contribution is 2.20. The van der Waals surface area contributed by atoms with Crippen LogP contribution in [0.25, 0.3) is 10.9 Å². The highest BCUT2D eigenvalue weighted by molar-refractivity contribution is 5.80. The van der Waals surface area contributed by atoms with Crippen molar-refractivity contribution < 1.29 is 9.13 Å². The number of hydrogen-bond acceptors (Lipinski definition) is 6. The maximum Gasteiger partial charge on any atom is 0.252 e. The van der Waals surface area contributed by atoms with Crippen LogP contribution in [0.5, 0.6) is 5.75 Å². The Morgan fingerprint density at radius 1 is 0.944 bits per heavy atom. The number of halogens is 1. The van der Waals surface area contributed by atoms with Gasteiger partial charge in [0.05, 0.1) is 25.7 Å². The molecular formula is C27H25FN6O2. The number of hydrogen-bond donors (Lipinski definition) is 1. The minimum absolute atomic E-state index is 0.153. The van der Waals surface area contributed by atoms with Gasteiger partial charge >= 0.3 is 0 Å². The molecule has 0 bridgehead atoms. The molecule has 0 saturated heterocycles. The van der Waals surface area contributed by atoms with E-state index in [0.29, 0.717) is 43.3 Å². The lowest BCUT2D eigenvalue weighted by molar-refractivity contribution is 0.236. The van der Waals surface area contributed by atoms with Gasteiger partial charge in [0, 0.05) is 24.7 Å². The zero-order valence-corrected chi connectivity index (χ0v) is 19.8. The molecule has 0 saturated carbocycles. The summed E-state index contributed by atoms with van der Waals surface area (Å²) < 4.78 is 20.3. The Bertz CT molecular complexity index is 1520. The third-order valence-electron chi connectivity index (χ3n) is 5.99. The van der Waals surface area contributed by atoms with Gasteiger partial charge in [-0.2, -0.15) is 0 Å². The first-order valence-corrected chi connectivity index (χ1v) is 11.5. The molecule has 0 aliphatic carbocycles. The summed E-state index contributed by atoms with van der Waals surface area (Å²) in [5.41, 5.74) is 3.21. The van der Waals surface area contributed by atoms with E-state index in [1.54, 1.807) is 23.9 Å². The van der Waals surface area contributed by atoms with Crippen LogP contribution in [0.2, 0.25) is 0 Å². The minimum Gasteiger partial charge on any atom is -0.497 e. The van der Waals surface area contributed by atoms with Crippen LogP contribution in [0.3, 0.4) is 0 Å². The van der Waals surface area contributed by atoms with Crippen LogP contribution in [0.1, 0.15) is 22.5 Å². The molecule has 0 atom stereocenters. The molecule has 36 heavy (non-hydrogen) atoms. The predicted molar refractivity (Wildman–Crippen MR) is 134 cm³/mol. The van der Waals surface area contributed by atoms with Crippen molar-refractivity contribution in [2.45, 2.75) is 26.2 Å². The molecule has 9 heteroatoms. The number of aromatic amines is 1. The van der Waals surface area contributed by atoms with Crippen LogP contribution in [-0.2, 0) is 26.2 Å². The highest BCUT2D eigenvalue weighted by Gasteiger charge is 2.16. The number of benzene rings is 3. The van der Waals surface area contributed by atoms with E-state index in [2.05, 4.69) is 25.4 Å². The van der Waals surface area contributed by atoms with Gasteiger partial charge in [-0.1, -0.05) is 42.5 Å². The van der Waals surface area contributed by atoms with Crippen molar-refractivity contribution in [1.29, 1.82) is 0 Å². The molecule has 8 nitrogen and oxygen atoms in total. The standard InChI is InChI=1S/C27H25FN6O2/c1-36-24-12-9-21-13-22(27(35)29-25(21)14-24)17-33(15-19-5-3-2-4-6-19)18-26-30-31-32-34(26)16-20-7-10-23(28)11-8-20/h2-14H,15-18H2,1H3,(H,29,35). The normalized spacial score (nSPS) is 11.3. The molecule has 5 rings (SSSR count). The Labute approximate surface area is 207 Å². The van der Waals surface area contributed by atoms with Crippen LogP contribution < -0.4 is 10.3 Å². The fourth-order valence-corrected chi connectivity index (χ4v) is 4.14. The van der Waals surface area contributed by atoms with Crippen LogP contribution in [0, 0.1) is 5.82 Å². The van der Waals surface area contributed by atoms with Crippen molar-refractivity contribution in [1.82, 2.24) is 30.1 Å². The van der Waals surface area contributed by atoms with Gasteiger partial charge < -0.3 is 9.72 Å². The fraction of sp³-hybridized carbons (Fsp3) is 0.185. The Morgan fingerprint density at radius 2 is 1.75 bits per heavy atom. The van der Waals surface area contributed by atoms with Crippen LogP contribution in [0.15, 0.2) is 83.7 Å². The van der Waals surface area contributed by atoms with Crippen molar-refractivity contribution in [2.75, 3.05) is 7.11 Å². The Kier molecular flexibility index (Phi) is 6.81. The van der Waals surface area contributed by atoms with Gasteiger partial charge in [0.1, 0.15) is 11.6 Å². The molecule has 0 aliphatic rings. The van der Waals surface area contributed by atoms with E-state index >= 15 is 0 Å². The molecule has 0 unspecified atom stereocenters. The van der Waals surface area contributed by atoms with E-state index in [1.165, 1.54) is 12.1 Å². The molecule has 0 amide bonds. The number of aromatic nitrogens is 5. The summed E-state index contributed by atoms with van der Waals surface area (Å²) >= 11 is 0. The summed E-state index contributed by atoms with van der Waals surface area (Å²) in [6.45, 7) is 1.84. The van der Waals surface area contributed by atoms with E-state index in [-0.39, 0.29) is 11.4 Å². The quantitative estimate of drug-likeness (QED) is 0.341. The molecule has 2 heterocycles. The zero-order valence-electron chi connectivity index (χ0n) is 19.8. The molecule has 0 radical (unpaired) electrons. The lowest BCUT2D eigenvalue weighted by Crippen LogP contribution is -2.28. The SMILES string of the molecule is COc1ccc2cc(CN(Cc3ccccc3)Cc3nnnn3Cc3ccc(F)cc3)c(=O)[nH]c2c1. The number of H-pyrrole nitrogens is 1. The van der Waals surface area contributed by atoms with Gasteiger partial charge in [-0.05, 0) is 57.3 Å². The van der Waals surface area contributed by atoms with Crippen LogP contribution in [-0.4, -0.2) is 37.2 Å². The molecular weight excluding hydrogens is 459 g/mol. The molecule has 0 aliphatic heterocycles. The fourth-order valence-electron chi connectivity index (χ4n) is 4.14. The van der Waals surface area contributed by atoms with Crippen LogP contribution in [0.4, 0.5) is 4.39 Å². The predicted octanol–water partition coefficient (Wildman–Crippen LogP) is 3.91. The number of nitrogens with zero attached hydrogens (tertiary/aromatic N) is 5. The monoisotopic (exact) mass is 484 g/mol. The van der Waals surface area contributed by atoms with Gasteiger partial charge in [0.15, 0.2) is 5.82 Å². The lowest BCUT2D eigenvalue weighted by Gasteiger charge is -2.22. The van der Waals surface area contributed by atoms with Crippen molar-refractivity contribution in [3.05, 3.63) is 118 Å². The summed E-state index contributed by atoms with van der Waals surface area (Å²) in [5.74, 6) is 1.05. The lowest BCUT2D eigenvalue weighted by atomic mass is 10.1. The average Bonchev–Trinajstić information content (AvgIpc) is 3.32. The van der Waals surface area contributed by atoms with Crippen LogP contribution >= 0.6 is 0 Å². The summed E-state index contributed by atoms with van der Waals surface area (Å²) in [5, 5.41) is 13.1. The Hall–Kier alpha value is -4.37. The van der Waals surface area contributed by atoms with Crippen molar-refractivity contribution in [3.8, 4) is 5.75 Å². The van der Waals surface area contributed by atoms with E-state index in [4.69, 9.17) is 4.74 Å². The summed E-state index contributed by atoms with van der Waals surface area (Å²) in [4.78, 5) is 18.1. The van der Waals surface area contributed by atoms with Gasteiger partial charge in [0.2, 0.25) is 0 Å². The van der Waals surface area contributed by atoms with E-state index < -0.39 is 0 Å². The number of tetrazole rings is 1. The number of rotatable bonds is 9. The molecule has 2 aromatic heterocycles. The number of fused-ring (bicyclic) bond motifs is 1. The third-order valence-corrected chi connectivity index (χ3v) is 5.99. The van der Waals surface area contributed by atoms with E-state index in [9.17, 15) is 9.18 Å². The summed E-state index contributed by atoms with van der Waals surface area (Å²) in [6, 6.07) is 23.8. The number of nitrogens with one attached hydrogen (secondary N) is 1. The minimum atomic E-state index is -0.288. The maximum atomic E-state index is 13.3. The molecule has 0 spiro atoms. The summed E-state index contributed by atoms with van der Waals surface area (Å²) in [7, 11) is 1.60.